The second kappa shape index (κ2) is 7.96. The average Bonchev–Trinajstić information content (AvgIpc) is 3.00. The summed E-state index contributed by atoms with van der Waals surface area (Å²) in [6.07, 6.45) is 0. The molecule has 2 rings (SSSR count). The van der Waals surface area contributed by atoms with E-state index in [0.29, 0.717) is 6.54 Å². The van der Waals surface area contributed by atoms with E-state index in [2.05, 4.69) is 5.32 Å². The van der Waals surface area contributed by atoms with E-state index in [9.17, 15) is 9.90 Å². The Hall–Kier alpha value is -1.85. The number of carbonyl (C=O) groups is 1. The predicted molar refractivity (Wildman–Crippen MR) is 91.0 cm³/mol. The highest BCUT2D eigenvalue weighted by molar-refractivity contribution is 7.14. The molecule has 1 aromatic carbocycles. The molecule has 0 aliphatic carbocycles. The fourth-order valence-electron chi connectivity index (χ4n) is 2.32. The number of urea groups is 1. The van der Waals surface area contributed by atoms with Gasteiger partial charge in [0, 0.05) is 6.54 Å². The zero-order chi connectivity index (χ0) is 15.9. The van der Waals surface area contributed by atoms with Crippen molar-refractivity contribution in [1.82, 2.24) is 4.90 Å². The largest absolute Gasteiger partial charge is 0.394 e. The number of thiophene rings is 1. The number of nitrogens with one attached hydrogen (secondary N) is 1. The first-order chi connectivity index (χ1) is 10.6. The molecule has 2 aromatic rings. The molecule has 0 bridgehead atoms. The lowest BCUT2D eigenvalue weighted by Crippen LogP contribution is -2.46. The number of aliphatic hydroxyl groups is 1. The molecular weight excluding hydrogens is 296 g/mol. The van der Waals surface area contributed by atoms with Crippen LogP contribution >= 0.6 is 11.3 Å². The van der Waals surface area contributed by atoms with Crippen LogP contribution in [0, 0.1) is 5.92 Å². The van der Waals surface area contributed by atoms with E-state index >= 15 is 0 Å². The number of hydrogen-bond donors (Lipinski definition) is 2. The van der Waals surface area contributed by atoms with Crippen LogP contribution in [0.5, 0.6) is 0 Å². The summed E-state index contributed by atoms with van der Waals surface area (Å²) in [5, 5.41) is 15.3. The van der Waals surface area contributed by atoms with Crippen molar-refractivity contribution in [3.63, 3.8) is 0 Å². The summed E-state index contributed by atoms with van der Waals surface area (Å²) in [6, 6.07) is 13.2. The number of rotatable bonds is 6. The first-order valence-electron chi connectivity index (χ1n) is 7.37. The van der Waals surface area contributed by atoms with Crippen molar-refractivity contribution in [3.8, 4) is 0 Å². The Kier molecular flexibility index (Phi) is 5.98. The number of carbonyl (C=O) groups excluding carboxylic acids is 1. The van der Waals surface area contributed by atoms with E-state index in [0.717, 1.165) is 10.6 Å². The molecule has 0 fully saturated rings. The average molecular weight is 318 g/mol. The second-order valence-corrected chi connectivity index (χ2v) is 6.46. The van der Waals surface area contributed by atoms with Gasteiger partial charge < -0.3 is 10.0 Å². The van der Waals surface area contributed by atoms with Crippen molar-refractivity contribution in [2.45, 2.75) is 26.4 Å². The van der Waals surface area contributed by atoms with Crippen LogP contribution in [-0.2, 0) is 6.54 Å². The van der Waals surface area contributed by atoms with Gasteiger partial charge in [0.25, 0.3) is 0 Å². The highest BCUT2D eigenvalue weighted by atomic mass is 32.1. The van der Waals surface area contributed by atoms with Crippen molar-refractivity contribution >= 4 is 22.4 Å². The van der Waals surface area contributed by atoms with Gasteiger partial charge in [0.15, 0.2) is 0 Å². The SMILES string of the molecule is CC(C)C(CO)N(Cc1ccccc1)C(=O)Nc1cccs1. The smallest absolute Gasteiger partial charge is 0.323 e. The number of benzene rings is 1. The molecule has 1 aromatic heterocycles. The topological polar surface area (TPSA) is 52.6 Å². The maximum atomic E-state index is 12.6. The quantitative estimate of drug-likeness (QED) is 0.851. The van der Waals surface area contributed by atoms with Crippen LogP contribution in [0.25, 0.3) is 0 Å². The van der Waals surface area contributed by atoms with Crippen LogP contribution in [-0.4, -0.2) is 28.7 Å². The van der Waals surface area contributed by atoms with Crippen molar-refractivity contribution in [2.24, 2.45) is 5.92 Å². The Morgan fingerprint density at radius 2 is 1.95 bits per heavy atom. The Morgan fingerprint density at radius 1 is 1.23 bits per heavy atom. The third kappa shape index (κ3) is 4.32. The molecule has 22 heavy (non-hydrogen) atoms. The Morgan fingerprint density at radius 3 is 2.50 bits per heavy atom. The highest BCUT2D eigenvalue weighted by Crippen LogP contribution is 2.19. The second-order valence-electron chi connectivity index (χ2n) is 5.51. The van der Waals surface area contributed by atoms with Crippen LogP contribution in [0.15, 0.2) is 47.8 Å². The van der Waals surface area contributed by atoms with Crippen molar-refractivity contribution in [3.05, 3.63) is 53.4 Å². The first-order valence-corrected chi connectivity index (χ1v) is 8.25. The predicted octanol–water partition coefficient (Wildman–Crippen LogP) is 3.80. The lowest BCUT2D eigenvalue weighted by molar-refractivity contribution is 0.110. The maximum absolute atomic E-state index is 12.6. The van der Waals surface area contributed by atoms with Crippen LogP contribution < -0.4 is 5.32 Å². The van der Waals surface area contributed by atoms with Gasteiger partial charge in [-0.1, -0.05) is 44.2 Å². The monoisotopic (exact) mass is 318 g/mol. The van der Waals surface area contributed by atoms with Gasteiger partial charge in [-0.05, 0) is 29.0 Å². The molecule has 2 amide bonds. The zero-order valence-corrected chi connectivity index (χ0v) is 13.7. The van der Waals surface area contributed by atoms with Gasteiger partial charge >= 0.3 is 6.03 Å². The summed E-state index contributed by atoms with van der Waals surface area (Å²) in [6.45, 7) is 4.44. The normalized spacial score (nSPS) is 12.2. The summed E-state index contributed by atoms with van der Waals surface area (Å²) < 4.78 is 0. The number of nitrogens with zero attached hydrogens (tertiary/aromatic N) is 1. The molecule has 0 spiro atoms. The third-order valence-corrected chi connectivity index (χ3v) is 4.35. The van der Waals surface area contributed by atoms with Crippen molar-refractivity contribution < 1.29 is 9.90 Å². The Bertz CT molecular complexity index is 570. The maximum Gasteiger partial charge on any atom is 0.323 e. The number of aliphatic hydroxyl groups excluding tert-OH is 1. The van der Waals surface area contributed by atoms with E-state index in [1.807, 2.05) is 61.7 Å². The minimum absolute atomic E-state index is 0.0532. The van der Waals surface area contributed by atoms with Crippen molar-refractivity contribution in [1.29, 1.82) is 0 Å². The number of amides is 2. The van der Waals surface area contributed by atoms with E-state index in [4.69, 9.17) is 0 Å². The van der Waals surface area contributed by atoms with Crippen LogP contribution in [0.4, 0.5) is 9.80 Å². The molecule has 0 aliphatic rings. The molecule has 0 radical (unpaired) electrons. The Labute approximate surface area is 135 Å². The Balaban J connectivity index is 2.18. The van der Waals surface area contributed by atoms with Gasteiger partial charge in [-0.15, -0.1) is 11.3 Å². The summed E-state index contributed by atoms with van der Waals surface area (Å²) >= 11 is 1.48. The van der Waals surface area contributed by atoms with Crippen LogP contribution in [0.3, 0.4) is 0 Å². The minimum atomic E-state index is -0.222. The number of anilines is 1. The van der Waals surface area contributed by atoms with Gasteiger partial charge in [-0.2, -0.15) is 0 Å². The molecule has 0 saturated heterocycles. The molecule has 4 nitrogen and oxygen atoms in total. The zero-order valence-electron chi connectivity index (χ0n) is 12.9. The van der Waals surface area contributed by atoms with E-state index in [-0.39, 0.29) is 24.6 Å². The van der Waals surface area contributed by atoms with Crippen molar-refractivity contribution in [2.75, 3.05) is 11.9 Å². The van der Waals surface area contributed by atoms with Gasteiger partial charge in [0.05, 0.1) is 17.6 Å². The molecular formula is C17H22N2O2S. The lowest BCUT2D eigenvalue weighted by Gasteiger charge is -2.33. The van der Waals surface area contributed by atoms with Crippen LogP contribution in [0.2, 0.25) is 0 Å². The van der Waals surface area contributed by atoms with E-state index < -0.39 is 0 Å². The number of hydrogen-bond acceptors (Lipinski definition) is 3. The summed E-state index contributed by atoms with van der Waals surface area (Å²) in [4.78, 5) is 14.3. The molecule has 2 N–H and O–H groups in total. The van der Waals surface area contributed by atoms with E-state index in [1.165, 1.54) is 11.3 Å². The fraction of sp³-hybridized carbons (Fsp3) is 0.353. The summed E-state index contributed by atoms with van der Waals surface area (Å²) in [7, 11) is 0. The van der Waals surface area contributed by atoms with Gasteiger partial charge in [0.1, 0.15) is 0 Å². The molecule has 1 heterocycles. The summed E-state index contributed by atoms with van der Waals surface area (Å²) in [5.41, 5.74) is 1.04. The molecule has 0 saturated carbocycles. The van der Waals surface area contributed by atoms with Crippen LogP contribution in [0.1, 0.15) is 19.4 Å². The minimum Gasteiger partial charge on any atom is -0.394 e. The van der Waals surface area contributed by atoms with Gasteiger partial charge in [0.2, 0.25) is 0 Å². The fourth-order valence-corrected chi connectivity index (χ4v) is 2.92. The molecule has 1 atom stereocenters. The standard InChI is InChI=1S/C17H22N2O2S/c1-13(2)15(12-20)19(11-14-7-4-3-5-8-14)17(21)18-16-9-6-10-22-16/h3-10,13,15,20H,11-12H2,1-2H3,(H,18,21). The highest BCUT2D eigenvalue weighted by Gasteiger charge is 2.26. The molecule has 1 unspecified atom stereocenters. The third-order valence-electron chi connectivity index (χ3n) is 3.56. The molecule has 0 aliphatic heterocycles. The first kappa shape index (κ1) is 16.5. The molecule has 118 valence electrons. The summed E-state index contributed by atoms with van der Waals surface area (Å²) in [5.74, 6) is 0.169. The lowest BCUT2D eigenvalue weighted by atomic mass is 10.0. The van der Waals surface area contributed by atoms with Gasteiger partial charge in [-0.25, -0.2) is 4.79 Å². The molecule has 5 heteroatoms. The van der Waals surface area contributed by atoms with Gasteiger partial charge in [-0.3, -0.25) is 5.32 Å². The van der Waals surface area contributed by atoms with E-state index in [1.54, 1.807) is 4.90 Å².